The number of fused-ring (bicyclic) bond motifs is 5. The summed E-state index contributed by atoms with van der Waals surface area (Å²) >= 11 is 6.70. The lowest BCUT2D eigenvalue weighted by Crippen LogP contribution is -2.63. The number of ether oxygens (including phenoxy) is 5. The summed E-state index contributed by atoms with van der Waals surface area (Å²) in [6.45, 7) is 10.1. The highest BCUT2D eigenvalue weighted by Gasteiger charge is 2.64. The first-order valence-electron chi connectivity index (χ1n) is 16.9. The number of nitrogens with zero attached hydrogens (tertiary/aromatic N) is 2. The molecule has 3 aliphatic heterocycles. The zero-order chi connectivity index (χ0) is 38.2. The quantitative estimate of drug-likeness (QED) is 0.287. The van der Waals surface area contributed by atoms with E-state index in [0.717, 1.165) is 0 Å². The SMILES string of the molecule is COc1cc2cc(c1Cl)N(C)C(=O)CC(OC(=O)C(C)N(C)C(=O)C(C)C)C1(C)OC1C(C)C1CC(O)(NC(=O)O1)C(OC)/C=C\C=C(\C)C2O. The molecule has 3 N–H and O–H groups in total. The number of hydrogen-bond donors (Lipinski definition) is 3. The molecular formula is C36H50ClN3O11. The number of carbonyl (C=O) groups excluding carboxylic acids is 4. The van der Waals surface area contributed by atoms with Gasteiger partial charge in [-0.15, -0.1) is 0 Å². The summed E-state index contributed by atoms with van der Waals surface area (Å²) in [6.07, 6.45) is -1.50. The first-order chi connectivity index (χ1) is 23.8. The van der Waals surface area contributed by atoms with E-state index in [1.165, 1.54) is 45.0 Å². The third kappa shape index (κ3) is 8.20. The molecule has 9 unspecified atom stereocenters. The van der Waals surface area contributed by atoms with Crippen molar-refractivity contribution >= 4 is 41.2 Å². The molecule has 3 heterocycles. The smallest absolute Gasteiger partial charge is 0.409 e. The number of benzene rings is 1. The second-order valence-corrected chi connectivity index (χ2v) is 14.4. The van der Waals surface area contributed by atoms with Crippen LogP contribution in [0.25, 0.3) is 0 Å². The fraction of sp³-hybridized carbons (Fsp3) is 0.611. The molecule has 0 aromatic heterocycles. The van der Waals surface area contributed by atoms with Crippen LogP contribution in [0.3, 0.4) is 0 Å². The molecule has 0 spiro atoms. The van der Waals surface area contributed by atoms with E-state index in [9.17, 15) is 29.4 Å². The number of epoxide rings is 1. The van der Waals surface area contributed by atoms with Gasteiger partial charge in [0, 0.05) is 39.5 Å². The molecule has 1 aromatic rings. The van der Waals surface area contributed by atoms with Crippen LogP contribution in [0.15, 0.2) is 35.9 Å². The third-order valence-electron chi connectivity index (χ3n) is 10.2. The summed E-state index contributed by atoms with van der Waals surface area (Å²) in [5.74, 6) is -2.24. The summed E-state index contributed by atoms with van der Waals surface area (Å²) in [4.78, 5) is 55.8. The lowest BCUT2D eigenvalue weighted by molar-refractivity contribution is -0.162. The maximum atomic E-state index is 14.1. The zero-order valence-electron chi connectivity index (χ0n) is 30.8. The predicted octanol–water partition coefficient (Wildman–Crippen LogP) is 3.66. The normalized spacial score (nSPS) is 33.5. The summed E-state index contributed by atoms with van der Waals surface area (Å²) in [5, 5.41) is 25.6. The van der Waals surface area contributed by atoms with Crippen LogP contribution in [0.1, 0.15) is 66.1 Å². The minimum Gasteiger partial charge on any atom is -0.495 e. The minimum absolute atomic E-state index is 0.0978. The molecule has 282 valence electrons. The fourth-order valence-corrected chi connectivity index (χ4v) is 6.90. The third-order valence-corrected chi connectivity index (χ3v) is 10.6. The maximum Gasteiger partial charge on any atom is 0.409 e. The van der Waals surface area contributed by atoms with E-state index in [1.807, 2.05) is 0 Å². The summed E-state index contributed by atoms with van der Waals surface area (Å²) in [7, 11) is 5.80. The maximum absolute atomic E-state index is 14.1. The molecule has 0 aliphatic carbocycles. The summed E-state index contributed by atoms with van der Waals surface area (Å²) < 4.78 is 28.9. The molecule has 0 saturated carbocycles. The lowest BCUT2D eigenvalue weighted by atomic mass is 9.83. The van der Waals surface area contributed by atoms with Gasteiger partial charge in [0.25, 0.3) is 0 Å². The molecule has 51 heavy (non-hydrogen) atoms. The van der Waals surface area contributed by atoms with E-state index >= 15 is 0 Å². The molecule has 4 bridgehead atoms. The summed E-state index contributed by atoms with van der Waals surface area (Å²) in [6, 6.07) is 2.13. The van der Waals surface area contributed by atoms with Gasteiger partial charge in [0.15, 0.2) is 5.72 Å². The van der Waals surface area contributed by atoms with Gasteiger partial charge in [-0.25, -0.2) is 9.59 Å². The Morgan fingerprint density at radius 1 is 1.20 bits per heavy atom. The first kappa shape index (κ1) is 40.1. The number of hydrogen-bond acceptors (Lipinski definition) is 11. The molecule has 2 saturated heterocycles. The number of amides is 3. The van der Waals surface area contributed by atoms with Crippen LogP contribution in [-0.2, 0) is 33.3 Å². The highest BCUT2D eigenvalue weighted by molar-refractivity contribution is 6.35. The van der Waals surface area contributed by atoms with Crippen molar-refractivity contribution in [3.05, 3.63) is 46.5 Å². The van der Waals surface area contributed by atoms with Crippen LogP contribution in [0.5, 0.6) is 5.75 Å². The molecule has 0 radical (unpaired) electrons. The Bertz CT molecular complexity index is 1580. The van der Waals surface area contributed by atoms with Gasteiger partial charge in [0.05, 0.1) is 25.3 Å². The second-order valence-electron chi connectivity index (χ2n) is 14.1. The number of methoxy groups -OCH3 is 2. The van der Waals surface area contributed by atoms with Gasteiger partial charge in [0.1, 0.15) is 46.8 Å². The van der Waals surface area contributed by atoms with E-state index < -0.39 is 71.8 Å². The summed E-state index contributed by atoms with van der Waals surface area (Å²) in [5.41, 5.74) is -2.04. The number of aliphatic hydroxyl groups is 2. The van der Waals surface area contributed by atoms with E-state index in [2.05, 4.69) is 5.32 Å². The van der Waals surface area contributed by atoms with Crippen molar-refractivity contribution in [2.75, 3.05) is 33.2 Å². The van der Waals surface area contributed by atoms with Crippen molar-refractivity contribution in [1.29, 1.82) is 0 Å². The van der Waals surface area contributed by atoms with Gasteiger partial charge in [-0.05, 0) is 44.0 Å². The molecule has 3 aliphatic rings. The van der Waals surface area contributed by atoms with Crippen LogP contribution in [0, 0.1) is 11.8 Å². The number of anilines is 1. The van der Waals surface area contributed by atoms with Gasteiger partial charge in [-0.3, -0.25) is 14.9 Å². The Labute approximate surface area is 303 Å². The average Bonchev–Trinajstić information content (AvgIpc) is 3.78. The van der Waals surface area contributed by atoms with E-state index in [1.54, 1.807) is 65.0 Å². The Hall–Kier alpha value is -3.69. The number of halogens is 1. The van der Waals surface area contributed by atoms with Crippen LogP contribution >= 0.6 is 11.6 Å². The van der Waals surface area contributed by atoms with Gasteiger partial charge in [0.2, 0.25) is 11.8 Å². The van der Waals surface area contributed by atoms with Gasteiger partial charge >= 0.3 is 12.1 Å². The number of aliphatic hydroxyl groups excluding tert-OH is 1. The average molecular weight is 736 g/mol. The zero-order valence-corrected chi connectivity index (χ0v) is 31.5. The Morgan fingerprint density at radius 3 is 2.47 bits per heavy atom. The number of esters is 1. The van der Waals surface area contributed by atoms with Crippen molar-refractivity contribution in [2.24, 2.45) is 11.8 Å². The highest BCUT2D eigenvalue weighted by Crippen LogP contribution is 2.49. The van der Waals surface area contributed by atoms with E-state index in [-0.39, 0.29) is 41.1 Å². The number of rotatable bonds is 6. The molecule has 2 fully saturated rings. The predicted molar refractivity (Wildman–Crippen MR) is 187 cm³/mol. The molecule has 9 atom stereocenters. The monoisotopic (exact) mass is 735 g/mol. The van der Waals surface area contributed by atoms with Crippen molar-refractivity contribution < 1.29 is 53.1 Å². The number of likely N-dealkylation sites (N-methyl/N-ethyl adjacent to an activating group) is 1. The Kier molecular flexibility index (Phi) is 12.2. The largest absolute Gasteiger partial charge is 0.495 e. The van der Waals surface area contributed by atoms with Gasteiger partial charge in [-0.1, -0.05) is 50.6 Å². The number of carbonyl (C=O) groups is 4. The standard InChI is InChI=1S/C36H50ClN3O11/c1-18(2)32(43)39(7)21(5)33(44)50-27-16-28(41)40(8)23-14-22(15-24(47-9)29(23)37)30(42)19(3)12-11-13-26(48-10)36(46)17-25(49-34(45)38-36)20(4)31-35(27,6)51-31/h11-15,18,20-21,25-27,30-31,42,46H,16-17H2,1-10H3,(H,38,45)/b13-11-,19-12-. The number of alkyl carbamates (subject to hydrolysis) is 1. The van der Waals surface area contributed by atoms with Crippen molar-refractivity contribution in [3.8, 4) is 5.75 Å². The van der Waals surface area contributed by atoms with Crippen LogP contribution in [0.2, 0.25) is 5.02 Å². The highest BCUT2D eigenvalue weighted by atomic mass is 35.5. The second kappa shape index (κ2) is 15.5. The van der Waals surface area contributed by atoms with E-state index in [0.29, 0.717) is 11.1 Å². The van der Waals surface area contributed by atoms with Crippen molar-refractivity contribution in [3.63, 3.8) is 0 Å². The van der Waals surface area contributed by atoms with Crippen molar-refractivity contribution in [1.82, 2.24) is 10.2 Å². The van der Waals surface area contributed by atoms with Crippen LogP contribution < -0.4 is 15.0 Å². The molecule has 1 aromatic carbocycles. The van der Waals surface area contributed by atoms with Gasteiger partial charge < -0.3 is 43.7 Å². The number of allylic oxidation sites excluding steroid dienone is 2. The Balaban J connectivity index is 1.81. The van der Waals surface area contributed by atoms with Gasteiger partial charge in [-0.2, -0.15) is 0 Å². The molecule has 3 amide bonds. The first-order valence-corrected chi connectivity index (χ1v) is 17.2. The molecular weight excluding hydrogens is 686 g/mol. The molecule has 14 nitrogen and oxygen atoms in total. The van der Waals surface area contributed by atoms with Crippen LogP contribution in [-0.4, -0.2) is 109 Å². The topological polar surface area (TPSA) is 177 Å². The molecule has 15 heteroatoms. The van der Waals surface area contributed by atoms with Crippen LogP contribution in [0.4, 0.5) is 10.5 Å². The lowest BCUT2D eigenvalue weighted by Gasteiger charge is -2.42. The van der Waals surface area contributed by atoms with E-state index in [4.69, 9.17) is 35.3 Å². The fourth-order valence-electron chi connectivity index (χ4n) is 6.58. The number of nitrogens with one attached hydrogen (secondary N) is 1. The molecule has 4 rings (SSSR count). The van der Waals surface area contributed by atoms with Crippen molar-refractivity contribution in [2.45, 2.75) is 102 Å². The minimum atomic E-state index is -1.89. The Morgan fingerprint density at radius 2 is 1.86 bits per heavy atom.